The molecule has 1 amide bonds. The van der Waals surface area contributed by atoms with Crippen LogP contribution in [0.4, 0.5) is 5.69 Å². The van der Waals surface area contributed by atoms with Crippen LogP contribution in [0, 0.1) is 17.2 Å². The van der Waals surface area contributed by atoms with Crippen LogP contribution < -0.4 is 10.1 Å². The summed E-state index contributed by atoms with van der Waals surface area (Å²) in [5, 5.41) is 20.9. The Labute approximate surface area is 157 Å². The second-order valence-corrected chi connectivity index (χ2v) is 6.25. The molecule has 0 saturated carbocycles. The maximum atomic E-state index is 12.3. The van der Waals surface area contributed by atoms with Crippen molar-refractivity contribution in [1.82, 2.24) is 0 Å². The third kappa shape index (κ3) is 5.72. The van der Waals surface area contributed by atoms with Gasteiger partial charge in [-0.2, -0.15) is 5.26 Å². The van der Waals surface area contributed by atoms with E-state index in [0.29, 0.717) is 23.8 Å². The Morgan fingerprint density at radius 2 is 1.85 bits per heavy atom. The van der Waals surface area contributed by atoms with Crippen molar-refractivity contribution in [3.8, 4) is 11.8 Å². The van der Waals surface area contributed by atoms with Crippen LogP contribution in [0.5, 0.6) is 5.75 Å². The molecule has 138 valence electrons. The molecule has 0 bridgehead atoms. The number of carbonyl (C=O) groups excluding carboxylic acids is 1. The van der Waals surface area contributed by atoms with Crippen LogP contribution in [0.3, 0.4) is 0 Å². The van der Waals surface area contributed by atoms with Crippen LogP contribution in [0.25, 0.3) is 6.08 Å². The van der Waals surface area contributed by atoms with Gasteiger partial charge in [-0.1, -0.05) is 38.1 Å². The van der Waals surface area contributed by atoms with Gasteiger partial charge in [-0.15, -0.1) is 0 Å². The first-order chi connectivity index (χ1) is 12.9. The standard InChI is InChI=1S/C21H20N2O4/c1-14(2)13-27-17-9-7-15(8-10-17)11-16(12-22)20(24)23-19-6-4-3-5-18(19)21(25)26/h3-11,14H,13H2,1-2H3,(H,23,24)(H,25,26). The summed E-state index contributed by atoms with van der Waals surface area (Å²) in [6, 6.07) is 14.9. The number of ether oxygens (including phenoxy) is 1. The number of nitriles is 1. The van der Waals surface area contributed by atoms with Crippen molar-refractivity contribution in [3.63, 3.8) is 0 Å². The molecule has 0 aliphatic carbocycles. The number of carbonyl (C=O) groups is 2. The largest absolute Gasteiger partial charge is 0.493 e. The molecule has 0 saturated heterocycles. The molecular formula is C21H20N2O4. The summed E-state index contributed by atoms with van der Waals surface area (Å²) < 4.78 is 5.60. The molecule has 0 radical (unpaired) electrons. The molecule has 27 heavy (non-hydrogen) atoms. The maximum absolute atomic E-state index is 12.3. The van der Waals surface area contributed by atoms with Gasteiger partial charge in [0.05, 0.1) is 17.9 Å². The monoisotopic (exact) mass is 364 g/mol. The molecule has 0 fully saturated rings. The Balaban J connectivity index is 2.15. The van der Waals surface area contributed by atoms with Gasteiger partial charge in [0.15, 0.2) is 0 Å². The Hall–Kier alpha value is -3.59. The van der Waals surface area contributed by atoms with Crippen molar-refractivity contribution >= 4 is 23.6 Å². The molecule has 0 spiro atoms. The first-order valence-corrected chi connectivity index (χ1v) is 8.39. The number of benzene rings is 2. The minimum absolute atomic E-state index is 0.0465. The molecule has 2 aromatic rings. The summed E-state index contributed by atoms with van der Waals surface area (Å²) in [5.74, 6) is -0.719. The Bertz CT molecular complexity index is 893. The van der Waals surface area contributed by atoms with Gasteiger partial charge in [-0.3, -0.25) is 4.79 Å². The van der Waals surface area contributed by atoms with Crippen molar-refractivity contribution in [2.24, 2.45) is 5.92 Å². The second kappa shape index (κ2) is 9.20. The number of hydrogen-bond donors (Lipinski definition) is 2. The predicted molar refractivity (Wildman–Crippen MR) is 102 cm³/mol. The second-order valence-electron chi connectivity index (χ2n) is 6.25. The molecule has 2 N–H and O–H groups in total. The molecule has 2 rings (SSSR count). The van der Waals surface area contributed by atoms with Gasteiger partial charge < -0.3 is 15.2 Å². The zero-order valence-electron chi connectivity index (χ0n) is 15.1. The Kier molecular flexibility index (Phi) is 6.73. The Morgan fingerprint density at radius 1 is 1.19 bits per heavy atom. The predicted octanol–water partition coefficient (Wildman–Crippen LogP) is 3.97. The maximum Gasteiger partial charge on any atom is 0.337 e. The number of carboxylic acid groups (broad SMARTS) is 1. The highest BCUT2D eigenvalue weighted by atomic mass is 16.5. The highest BCUT2D eigenvalue weighted by Crippen LogP contribution is 2.18. The van der Waals surface area contributed by atoms with Gasteiger partial charge in [0, 0.05) is 0 Å². The number of anilines is 1. The van der Waals surface area contributed by atoms with Crippen LogP contribution in [0.2, 0.25) is 0 Å². The number of rotatable bonds is 7. The van der Waals surface area contributed by atoms with E-state index in [-0.39, 0.29) is 16.8 Å². The normalized spacial score (nSPS) is 11.0. The molecule has 0 aliphatic heterocycles. The number of para-hydroxylation sites is 1. The summed E-state index contributed by atoms with van der Waals surface area (Å²) in [7, 11) is 0. The summed E-state index contributed by atoms with van der Waals surface area (Å²) in [6.07, 6.45) is 1.44. The third-order valence-electron chi connectivity index (χ3n) is 3.55. The van der Waals surface area contributed by atoms with Crippen LogP contribution in [0.1, 0.15) is 29.8 Å². The van der Waals surface area contributed by atoms with Gasteiger partial charge in [-0.05, 0) is 41.8 Å². The lowest BCUT2D eigenvalue weighted by Gasteiger charge is -2.09. The fraction of sp³-hybridized carbons (Fsp3) is 0.190. The number of amides is 1. The summed E-state index contributed by atoms with van der Waals surface area (Å²) in [6.45, 7) is 4.71. The van der Waals surface area contributed by atoms with Crippen LogP contribution >= 0.6 is 0 Å². The quantitative estimate of drug-likeness (QED) is 0.572. The van der Waals surface area contributed by atoms with E-state index in [1.165, 1.54) is 18.2 Å². The van der Waals surface area contributed by atoms with Crippen molar-refractivity contribution in [1.29, 1.82) is 5.26 Å². The van der Waals surface area contributed by atoms with E-state index < -0.39 is 11.9 Å². The smallest absolute Gasteiger partial charge is 0.337 e. The van der Waals surface area contributed by atoms with Crippen molar-refractivity contribution in [3.05, 3.63) is 65.2 Å². The van der Waals surface area contributed by atoms with Crippen LogP contribution in [-0.4, -0.2) is 23.6 Å². The van der Waals surface area contributed by atoms with Gasteiger partial charge in [-0.25, -0.2) is 4.79 Å². The average Bonchev–Trinajstić information content (AvgIpc) is 2.65. The van der Waals surface area contributed by atoms with E-state index in [2.05, 4.69) is 19.2 Å². The van der Waals surface area contributed by atoms with Crippen molar-refractivity contribution in [2.75, 3.05) is 11.9 Å². The lowest BCUT2D eigenvalue weighted by atomic mass is 10.1. The number of hydrogen-bond acceptors (Lipinski definition) is 4. The van der Waals surface area contributed by atoms with Gasteiger partial charge in [0.2, 0.25) is 0 Å². The summed E-state index contributed by atoms with van der Waals surface area (Å²) in [5.41, 5.74) is 0.611. The summed E-state index contributed by atoms with van der Waals surface area (Å²) in [4.78, 5) is 23.6. The van der Waals surface area contributed by atoms with Gasteiger partial charge in [0.1, 0.15) is 17.4 Å². The summed E-state index contributed by atoms with van der Waals surface area (Å²) >= 11 is 0. The average molecular weight is 364 g/mol. The molecule has 0 aromatic heterocycles. The minimum Gasteiger partial charge on any atom is -0.493 e. The number of carboxylic acids is 1. The highest BCUT2D eigenvalue weighted by molar-refractivity contribution is 6.11. The SMILES string of the molecule is CC(C)COc1ccc(C=C(C#N)C(=O)Nc2ccccc2C(=O)O)cc1. The van der Waals surface area contributed by atoms with Crippen LogP contribution in [0.15, 0.2) is 54.1 Å². The van der Waals surface area contributed by atoms with Gasteiger partial charge in [0.25, 0.3) is 5.91 Å². The first-order valence-electron chi connectivity index (χ1n) is 8.39. The molecule has 0 aliphatic rings. The van der Waals surface area contributed by atoms with E-state index in [9.17, 15) is 20.0 Å². The Morgan fingerprint density at radius 3 is 2.44 bits per heavy atom. The number of nitrogens with one attached hydrogen (secondary N) is 1. The topological polar surface area (TPSA) is 99.4 Å². The fourth-order valence-electron chi connectivity index (χ4n) is 2.21. The third-order valence-corrected chi connectivity index (χ3v) is 3.55. The molecular weight excluding hydrogens is 344 g/mol. The lowest BCUT2D eigenvalue weighted by Crippen LogP contribution is -2.16. The van der Waals surface area contributed by atoms with Crippen LogP contribution in [-0.2, 0) is 4.79 Å². The van der Waals surface area contributed by atoms with E-state index in [0.717, 1.165) is 0 Å². The fourth-order valence-corrected chi connectivity index (χ4v) is 2.21. The molecule has 2 aromatic carbocycles. The number of nitrogens with zero attached hydrogens (tertiary/aromatic N) is 1. The zero-order valence-corrected chi connectivity index (χ0v) is 15.1. The number of aromatic carboxylic acids is 1. The zero-order chi connectivity index (χ0) is 19.8. The molecule has 0 heterocycles. The van der Waals surface area contributed by atoms with Crippen molar-refractivity contribution < 1.29 is 19.4 Å². The lowest BCUT2D eigenvalue weighted by molar-refractivity contribution is -0.112. The minimum atomic E-state index is -1.16. The van der Waals surface area contributed by atoms with E-state index >= 15 is 0 Å². The van der Waals surface area contributed by atoms with Crippen molar-refractivity contribution in [2.45, 2.75) is 13.8 Å². The van der Waals surface area contributed by atoms with E-state index in [1.54, 1.807) is 36.4 Å². The molecule has 6 heteroatoms. The van der Waals surface area contributed by atoms with E-state index in [4.69, 9.17) is 4.74 Å². The van der Waals surface area contributed by atoms with Gasteiger partial charge >= 0.3 is 5.97 Å². The molecule has 0 unspecified atom stereocenters. The highest BCUT2D eigenvalue weighted by Gasteiger charge is 2.14. The first kappa shape index (κ1) is 19.7. The molecule has 6 nitrogen and oxygen atoms in total. The van der Waals surface area contributed by atoms with E-state index in [1.807, 2.05) is 6.07 Å². The molecule has 0 atom stereocenters.